The van der Waals surface area contributed by atoms with E-state index < -0.39 is 5.97 Å². The minimum absolute atomic E-state index is 0.280. The molecule has 1 heterocycles. The zero-order valence-electron chi connectivity index (χ0n) is 12.8. The first-order chi connectivity index (χ1) is 9.44. The van der Waals surface area contributed by atoms with Crippen molar-refractivity contribution in [3.05, 3.63) is 4.88 Å². The van der Waals surface area contributed by atoms with Crippen LogP contribution in [0.15, 0.2) is 0 Å². The maximum Gasteiger partial charge on any atom is 0.350 e. The molecule has 3 N–H and O–H groups in total. The number of carbonyl (C=O) groups is 1. The lowest BCUT2D eigenvalue weighted by molar-refractivity contribution is 0.0607. The molecule has 1 rings (SSSR count). The lowest BCUT2D eigenvalue weighted by Gasteiger charge is -2.18. The first kappa shape index (κ1) is 16.6. The van der Waals surface area contributed by atoms with Crippen molar-refractivity contribution in [3.63, 3.8) is 0 Å². The van der Waals surface area contributed by atoms with Gasteiger partial charge < -0.3 is 20.5 Å². The second-order valence-electron chi connectivity index (χ2n) is 4.99. The Morgan fingerprint density at radius 3 is 2.55 bits per heavy atom. The Labute approximate surface area is 124 Å². The fourth-order valence-corrected chi connectivity index (χ4v) is 3.14. The van der Waals surface area contributed by atoms with Crippen molar-refractivity contribution >= 4 is 28.0 Å². The van der Waals surface area contributed by atoms with Crippen molar-refractivity contribution in [2.45, 2.75) is 39.7 Å². The number of nitrogens with two attached hydrogens (primary N) is 1. The van der Waals surface area contributed by atoms with Crippen LogP contribution >= 0.6 is 11.3 Å². The van der Waals surface area contributed by atoms with E-state index in [2.05, 4.69) is 26.1 Å². The molecule has 0 spiro atoms. The van der Waals surface area contributed by atoms with Crippen LogP contribution in [0.1, 0.15) is 43.3 Å². The molecule has 1 aromatic rings. The number of ether oxygens (including phenoxy) is 2. The standard InChI is InChI=1S/C14H24N2O3S/c1-6-8(2)7-9(3)16-13-11(18-4)10(15)12(20-13)14(17)19-5/h8-9,16H,6-7,15H2,1-5H3. The molecule has 0 fully saturated rings. The number of thiophene rings is 1. The molecule has 2 atom stereocenters. The molecule has 0 saturated carbocycles. The Morgan fingerprint density at radius 1 is 1.40 bits per heavy atom. The van der Waals surface area contributed by atoms with Crippen LogP contribution in [0.25, 0.3) is 0 Å². The van der Waals surface area contributed by atoms with Crippen molar-refractivity contribution in [2.75, 3.05) is 25.3 Å². The molecule has 0 radical (unpaired) electrons. The fraction of sp³-hybridized carbons (Fsp3) is 0.643. The number of carbonyl (C=O) groups excluding carboxylic acids is 1. The van der Waals surface area contributed by atoms with Gasteiger partial charge in [-0.25, -0.2) is 4.79 Å². The molecule has 5 nitrogen and oxygen atoms in total. The van der Waals surface area contributed by atoms with Gasteiger partial charge in [0.1, 0.15) is 15.6 Å². The van der Waals surface area contributed by atoms with Gasteiger partial charge in [-0.1, -0.05) is 20.3 Å². The lowest BCUT2D eigenvalue weighted by atomic mass is 10.0. The normalized spacial score (nSPS) is 13.7. The predicted octanol–water partition coefficient (Wildman–Crippen LogP) is 3.36. The van der Waals surface area contributed by atoms with E-state index in [1.165, 1.54) is 18.4 Å². The molecule has 114 valence electrons. The third-order valence-corrected chi connectivity index (χ3v) is 4.40. The van der Waals surface area contributed by atoms with E-state index in [1.807, 2.05) is 0 Å². The van der Waals surface area contributed by atoms with Crippen molar-refractivity contribution < 1.29 is 14.3 Å². The van der Waals surface area contributed by atoms with E-state index in [-0.39, 0.29) is 6.04 Å². The Hall–Kier alpha value is -1.43. The van der Waals surface area contributed by atoms with Gasteiger partial charge in [0.25, 0.3) is 0 Å². The zero-order valence-corrected chi connectivity index (χ0v) is 13.6. The van der Waals surface area contributed by atoms with Gasteiger partial charge in [0.2, 0.25) is 0 Å². The van der Waals surface area contributed by atoms with Gasteiger partial charge in [0, 0.05) is 6.04 Å². The topological polar surface area (TPSA) is 73.6 Å². The minimum atomic E-state index is -0.437. The highest BCUT2D eigenvalue weighted by Crippen LogP contribution is 2.43. The summed E-state index contributed by atoms with van der Waals surface area (Å²) in [6.07, 6.45) is 2.19. The van der Waals surface area contributed by atoms with Crippen molar-refractivity contribution in [1.82, 2.24) is 0 Å². The molecule has 0 aliphatic carbocycles. The third-order valence-electron chi connectivity index (χ3n) is 3.30. The van der Waals surface area contributed by atoms with Crippen LogP contribution in [-0.4, -0.2) is 26.2 Å². The first-order valence-electron chi connectivity index (χ1n) is 6.75. The van der Waals surface area contributed by atoms with Crippen LogP contribution < -0.4 is 15.8 Å². The summed E-state index contributed by atoms with van der Waals surface area (Å²) in [4.78, 5) is 12.0. The summed E-state index contributed by atoms with van der Waals surface area (Å²) in [5, 5.41) is 4.15. The fourth-order valence-electron chi connectivity index (χ4n) is 2.02. The minimum Gasteiger partial charge on any atom is -0.492 e. The van der Waals surface area contributed by atoms with Crippen LogP contribution in [0.5, 0.6) is 5.75 Å². The number of nitrogens with one attached hydrogen (secondary N) is 1. The van der Waals surface area contributed by atoms with E-state index >= 15 is 0 Å². The van der Waals surface area contributed by atoms with Crippen molar-refractivity contribution in [2.24, 2.45) is 5.92 Å². The Bertz CT molecular complexity index is 460. The predicted molar refractivity (Wildman–Crippen MR) is 83.8 cm³/mol. The van der Waals surface area contributed by atoms with Gasteiger partial charge in [-0.05, 0) is 19.3 Å². The summed E-state index contributed by atoms with van der Waals surface area (Å²) in [5.74, 6) is 0.723. The number of methoxy groups -OCH3 is 2. The van der Waals surface area contributed by atoms with E-state index in [0.29, 0.717) is 22.2 Å². The van der Waals surface area contributed by atoms with Crippen molar-refractivity contribution in [1.29, 1.82) is 0 Å². The molecule has 0 aliphatic rings. The second kappa shape index (κ2) is 7.38. The summed E-state index contributed by atoms with van der Waals surface area (Å²) >= 11 is 1.27. The number of esters is 1. The number of anilines is 2. The van der Waals surface area contributed by atoms with Crippen LogP contribution in [0.3, 0.4) is 0 Å². The van der Waals surface area contributed by atoms with Crippen LogP contribution in [0.4, 0.5) is 10.7 Å². The summed E-state index contributed by atoms with van der Waals surface area (Å²) in [7, 11) is 2.89. The number of nitrogen functional groups attached to an aromatic ring is 1. The van der Waals surface area contributed by atoms with Crippen LogP contribution in [-0.2, 0) is 4.74 Å². The molecule has 0 aliphatic heterocycles. The first-order valence-corrected chi connectivity index (χ1v) is 7.57. The summed E-state index contributed by atoms with van der Waals surface area (Å²) < 4.78 is 10.0. The van der Waals surface area contributed by atoms with Gasteiger partial charge in [-0.3, -0.25) is 0 Å². The van der Waals surface area contributed by atoms with Gasteiger partial charge in [0.05, 0.1) is 14.2 Å². The molecule has 1 aromatic heterocycles. The molecular formula is C14H24N2O3S. The number of hydrogen-bond acceptors (Lipinski definition) is 6. The number of rotatable bonds is 7. The zero-order chi connectivity index (χ0) is 15.3. The lowest BCUT2D eigenvalue weighted by Crippen LogP contribution is -2.17. The average molecular weight is 300 g/mol. The number of hydrogen-bond donors (Lipinski definition) is 2. The Balaban J connectivity index is 2.92. The highest BCUT2D eigenvalue weighted by Gasteiger charge is 2.23. The smallest absolute Gasteiger partial charge is 0.350 e. The quantitative estimate of drug-likeness (QED) is 0.755. The molecule has 6 heteroatoms. The van der Waals surface area contributed by atoms with E-state index in [1.54, 1.807) is 7.11 Å². The Morgan fingerprint density at radius 2 is 2.05 bits per heavy atom. The van der Waals surface area contributed by atoms with Crippen molar-refractivity contribution in [3.8, 4) is 5.75 Å². The summed E-state index contributed by atoms with van der Waals surface area (Å²) in [6, 6.07) is 0.280. The molecule has 0 amide bonds. The van der Waals surface area contributed by atoms with Crippen LogP contribution in [0, 0.1) is 5.92 Å². The van der Waals surface area contributed by atoms with Gasteiger partial charge in [-0.15, -0.1) is 11.3 Å². The summed E-state index contributed by atoms with van der Waals surface area (Å²) in [5.41, 5.74) is 6.27. The molecular weight excluding hydrogens is 276 g/mol. The van der Waals surface area contributed by atoms with Crippen LogP contribution in [0.2, 0.25) is 0 Å². The monoisotopic (exact) mass is 300 g/mol. The molecule has 0 saturated heterocycles. The second-order valence-corrected chi connectivity index (χ2v) is 6.01. The van der Waals surface area contributed by atoms with Gasteiger partial charge in [0.15, 0.2) is 5.75 Å². The molecule has 2 unspecified atom stereocenters. The highest BCUT2D eigenvalue weighted by atomic mass is 32.1. The van der Waals surface area contributed by atoms with Gasteiger partial charge >= 0.3 is 5.97 Å². The molecule has 0 aromatic carbocycles. The maximum atomic E-state index is 11.7. The Kier molecular flexibility index (Phi) is 6.13. The molecule has 0 bridgehead atoms. The van der Waals surface area contributed by atoms with E-state index in [4.69, 9.17) is 15.2 Å². The largest absolute Gasteiger partial charge is 0.492 e. The third kappa shape index (κ3) is 3.79. The maximum absolute atomic E-state index is 11.7. The van der Waals surface area contributed by atoms with Gasteiger partial charge in [-0.2, -0.15) is 0 Å². The molecule has 20 heavy (non-hydrogen) atoms. The SMILES string of the molecule is CCC(C)CC(C)Nc1sc(C(=O)OC)c(N)c1OC. The van der Waals surface area contributed by atoms with E-state index in [0.717, 1.165) is 17.8 Å². The summed E-state index contributed by atoms with van der Waals surface area (Å²) in [6.45, 7) is 6.51. The highest BCUT2D eigenvalue weighted by molar-refractivity contribution is 7.19. The average Bonchev–Trinajstić information content (AvgIpc) is 2.73. The van der Waals surface area contributed by atoms with E-state index in [9.17, 15) is 4.79 Å².